The quantitative estimate of drug-likeness (QED) is 0.584. The Labute approximate surface area is 199 Å². The number of hydrogen-bond donors (Lipinski definition) is 1. The molecule has 2 aliphatic heterocycles. The summed E-state index contributed by atoms with van der Waals surface area (Å²) in [5.74, 6) is 2.69. The van der Waals surface area contributed by atoms with Crippen LogP contribution in [-0.4, -0.2) is 57.9 Å². The van der Waals surface area contributed by atoms with Crippen molar-refractivity contribution in [2.75, 3.05) is 31.5 Å². The first-order chi connectivity index (χ1) is 16.6. The van der Waals surface area contributed by atoms with Gasteiger partial charge in [-0.3, -0.25) is 4.79 Å². The second-order valence-electron chi connectivity index (χ2n) is 9.06. The van der Waals surface area contributed by atoms with E-state index in [0.29, 0.717) is 28.3 Å². The third-order valence-corrected chi connectivity index (χ3v) is 6.91. The molecule has 2 saturated heterocycles. The molecular formula is C27H28FN5O. The van der Waals surface area contributed by atoms with Crippen molar-refractivity contribution in [3.8, 4) is 12.3 Å². The number of nitrogens with zero attached hydrogens (tertiary/aromatic N) is 4. The van der Waals surface area contributed by atoms with E-state index in [1.807, 2.05) is 29.2 Å². The highest BCUT2D eigenvalue weighted by Gasteiger charge is 2.28. The lowest BCUT2D eigenvalue weighted by molar-refractivity contribution is -0.132. The van der Waals surface area contributed by atoms with Gasteiger partial charge in [0.2, 0.25) is 5.91 Å². The molecule has 174 valence electrons. The summed E-state index contributed by atoms with van der Waals surface area (Å²) < 4.78 is 14.9. The average molecular weight is 458 g/mol. The SMILES string of the molecule is C#Cc1cccc(Nc2ncnc3cc(F)c(CC(=O)N4CCC(N5CCCC5)CC4)cc23)c1. The zero-order valence-corrected chi connectivity index (χ0v) is 19.1. The fourth-order valence-corrected chi connectivity index (χ4v) is 5.04. The number of carbonyl (C=O) groups is 1. The van der Waals surface area contributed by atoms with Crippen molar-refractivity contribution >= 4 is 28.3 Å². The predicted molar refractivity (Wildman–Crippen MR) is 131 cm³/mol. The molecule has 0 unspecified atom stereocenters. The van der Waals surface area contributed by atoms with Gasteiger partial charge in [0.15, 0.2) is 0 Å². The number of aromatic nitrogens is 2. The maximum atomic E-state index is 14.9. The number of fused-ring (bicyclic) bond motifs is 1. The number of benzene rings is 2. The highest BCUT2D eigenvalue weighted by molar-refractivity contribution is 5.92. The van der Waals surface area contributed by atoms with Gasteiger partial charge in [0.05, 0.1) is 11.9 Å². The van der Waals surface area contributed by atoms with Crippen LogP contribution in [0.1, 0.15) is 36.8 Å². The van der Waals surface area contributed by atoms with Gasteiger partial charge < -0.3 is 15.1 Å². The van der Waals surface area contributed by atoms with Crippen molar-refractivity contribution < 1.29 is 9.18 Å². The summed E-state index contributed by atoms with van der Waals surface area (Å²) in [6.07, 6.45) is 11.5. The van der Waals surface area contributed by atoms with E-state index in [-0.39, 0.29) is 12.3 Å². The summed E-state index contributed by atoms with van der Waals surface area (Å²) in [6.45, 7) is 3.81. The fourth-order valence-electron chi connectivity index (χ4n) is 5.04. The van der Waals surface area contributed by atoms with Crippen LogP contribution in [0.3, 0.4) is 0 Å². The van der Waals surface area contributed by atoms with Crippen LogP contribution in [0.2, 0.25) is 0 Å². The summed E-state index contributed by atoms with van der Waals surface area (Å²) in [5, 5.41) is 3.91. The van der Waals surface area contributed by atoms with Crippen LogP contribution in [0, 0.1) is 18.2 Å². The van der Waals surface area contributed by atoms with Gasteiger partial charge in [0.25, 0.3) is 0 Å². The van der Waals surface area contributed by atoms with E-state index in [9.17, 15) is 9.18 Å². The maximum Gasteiger partial charge on any atom is 0.227 e. The molecule has 2 aromatic carbocycles. The molecule has 1 N–H and O–H groups in total. The van der Waals surface area contributed by atoms with Crippen molar-refractivity contribution in [1.82, 2.24) is 19.8 Å². The lowest BCUT2D eigenvalue weighted by Crippen LogP contribution is -2.46. The molecule has 0 saturated carbocycles. The zero-order chi connectivity index (χ0) is 23.5. The minimum atomic E-state index is -0.424. The number of piperidine rings is 1. The number of rotatable bonds is 5. The van der Waals surface area contributed by atoms with E-state index in [4.69, 9.17) is 6.42 Å². The number of terminal acetylenes is 1. The minimum Gasteiger partial charge on any atom is -0.342 e. The second-order valence-corrected chi connectivity index (χ2v) is 9.06. The molecule has 1 aromatic heterocycles. The smallest absolute Gasteiger partial charge is 0.227 e. The average Bonchev–Trinajstić information content (AvgIpc) is 3.40. The van der Waals surface area contributed by atoms with Crippen LogP contribution in [0.4, 0.5) is 15.9 Å². The van der Waals surface area contributed by atoms with Crippen molar-refractivity contribution in [2.45, 2.75) is 38.1 Å². The van der Waals surface area contributed by atoms with Crippen LogP contribution < -0.4 is 5.32 Å². The number of anilines is 2. The topological polar surface area (TPSA) is 61.4 Å². The van der Waals surface area contributed by atoms with Crippen LogP contribution >= 0.6 is 0 Å². The number of carbonyl (C=O) groups excluding carboxylic acids is 1. The largest absolute Gasteiger partial charge is 0.342 e. The van der Waals surface area contributed by atoms with Crippen LogP contribution in [0.5, 0.6) is 0 Å². The fraction of sp³-hybridized carbons (Fsp3) is 0.370. The number of likely N-dealkylation sites (tertiary alicyclic amines) is 2. The molecule has 5 rings (SSSR count). The van der Waals surface area contributed by atoms with Gasteiger partial charge in [0.1, 0.15) is 18.0 Å². The van der Waals surface area contributed by atoms with Crippen LogP contribution in [0.15, 0.2) is 42.7 Å². The molecule has 0 bridgehead atoms. The van der Waals surface area contributed by atoms with Gasteiger partial charge in [-0.15, -0.1) is 6.42 Å². The Hall–Kier alpha value is -3.50. The Morgan fingerprint density at radius 2 is 1.91 bits per heavy atom. The molecule has 7 heteroatoms. The zero-order valence-electron chi connectivity index (χ0n) is 19.1. The molecule has 3 aromatic rings. The molecule has 2 aliphatic rings. The second kappa shape index (κ2) is 9.78. The van der Waals surface area contributed by atoms with Crippen LogP contribution in [0.25, 0.3) is 10.9 Å². The van der Waals surface area contributed by atoms with Gasteiger partial charge in [-0.1, -0.05) is 12.0 Å². The summed E-state index contributed by atoms with van der Waals surface area (Å²) in [5.41, 5.74) is 2.35. The van der Waals surface area contributed by atoms with E-state index in [1.54, 1.807) is 6.07 Å². The van der Waals surface area contributed by atoms with Gasteiger partial charge in [-0.2, -0.15) is 0 Å². The first kappa shape index (κ1) is 22.3. The Morgan fingerprint density at radius 3 is 2.68 bits per heavy atom. The van der Waals surface area contributed by atoms with Crippen molar-refractivity contribution in [3.05, 3.63) is 59.7 Å². The molecule has 0 spiro atoms. The summed E-state index contributed by atoms with van der Waals surface area (Å²) in [6, 6.07) is 11.1. The monoisotopic (exact) mass is 457 g/mol. The lowest BCUT2D eigenvalue weighted by Gasteiger charge is -2.36. The van der Waals surface area contributed by atoms with Gasteiger partial charge in [-0.05, 0) is 68.6 Å². The van der Waals surface area contributed by atoms with E-state index in [2.05, 4.69) is 26.1 Å². The molecule has 34 heavy (non-hydrogen) atoms. The van der Waals surface area contributed by atoms with Gasteiger partial charge in [0, 0.05) is 41.8 Å². The Balaban J connectivity index is 1.32. The molecule has 3 heterocycles. The highest BCUT2D eigenvalue weighted by Crippen LogP contribution is 2.27. The normalized spacial score (nSPS) is 17.1. The summed E-state index contributed by atoms with van der Waals surface area (Å²) in [4.78, 5) is 26.0. The van der Waals surface area contributed by atoms with Gasteiger partial charge >= 0.3 is 0 Å². The van der Waals surface area contributed by atoms with Crippen molar-refractivity contribution in [2.24, 2.45) is 0 Å². The predicted octanol–water partition coefficient (Wildman–Crippen LogP) is 4.12. The highest BCUT2D eigenvalue weighted by atomic mass is 19.1. The Morgan fingerprint density at radius 1 is 1.12 bits per heavy atom. The lowest BCUT2D eigenvalue weighted by atomic mass is 10.0. The summed E-state index contributed by atoms with van der Waals surface area (Å²) >= 11 is 0. The first-order valence-electron chi connectivity index (χ1n) is 11.9. The molecule has 0 radical (unpaired) electrons. The molecule has 1 amide bonds. The standard InChI is InChI=1S/C27H28FN5O/c1-2-19-6-5-7-21(14-19)31-27-23-15-20(24(28)17-25(23)29-18-30-27)16-26(34)33-12-8-22(9-13-33)32-10-3-4-11-32/h1,5-7,14-15,17-18,22H,3-4,8-13,16H2,(H,29,30,31). The van der Waals surface area contributed by atoms with Crippen LogP contribution in [-0.2, 0) is 11.2 Å². The molecule has 0 atom stereocenters. The Kier molecular flexibility index (Phi) is 6.41. The summed E-state index contributed by atoms with van der Waals surface area (Å²) in [7, 11) is 0. The van der Waals surface area contributed by atoms with E-state index in [0.717, 1.165) is 37.2 Å². The van der Waals surface area contributed by atoms with Crippen molar-refractivity contribution in [1.29, 1.82) is 0 Å². The van der Waals surface area contributed by atoms with Crippen molar-refractivity contribution in [3.63, 3.8) is 0 Å². The maximum absolute atomic E-state index is 14.9. The third kappa shape index (κ3) is 4.73. The van der Waals surface area contributed by atoms with E-state index >= 15 is 0 Å². The molecular weight excluding hydrogens is 429 g/mol. The molecule has 2 fully saturated rings. The number of halogens is 1. The van der Waals surface area contributed by atoms with E-state index in [1.165, 1.54) is 38.3 Å². The first-order valence-corrected chi connectivity index (χ1v) is 11.9. The third-order valence-electron chi connectivity index (χ3n) is 6.91. The van der Waals surface area contributed by atoms with E-state index < -0.39 is 5.82 Å². The molecule has 6 nitrogen and oxygen atoms in total. The van der Waals surface area contributed by atoms with Gasteiger partial charge in [-0.25, -0.2) is 14.4 Å². The number of amides is 1. The minimum absolute atomic E-state index is 0.0249. The molecule has 0 aliphatic carbocycles. The number of nitrogens with one attached hydrogen (secondary N) is 1. The number of hydrogen-bond acceptors (Lipinski definition) is 5. The Bertz CT molecular complexity index is 1240.